The molecule has 5 nitrogen and oxygen atoms in total. The van der Waals surface area contributed by atoms with E-state index in [-0.39, 0.29) is 16.3 Å². The Kier molecular flexibility index (Phi) is 4.07. The zero-order valence-corrected chi connectivity index (χ0v) is 11.8. The molecular weight excluding hydrogens is 335 g/mol. The highest BCUT2D eigenvalue weighted by atomic mass is 35.5. The van der Waals surface area contributed by atoms with E-state index in [1.165, 1.54) is 0 Å². The Hall–Kier alpha value is -1.51. The van der Waals surface area contributed by atoms with E-state index in [0.717, 1.165) is 24.3 Å². The summed E-state index contributed by atoms with van der Waals surface area (Å²) in [7, 11) is -4.52. The van der Waals surface area contributed by atoms with Gasteiger partial charge in [-0.2, -0.15) is 4.98 Å². The highest BCUT2D eigenvalue weighted by molar-refractivity contribution is 7.92. The Morgan fingerprint density at radius 1 is 1.10 bits per heavy atom. The van der Waals surface area contributed by atoms with Crippen LogP contribution in [0.25, 0.3) is 0 Å². The summed E-state index contributed by atoms with van der Waals surface area (Å²) in [6.07, 6.45) is 0. The molecular formula is C10H5Cl2F2N3O2S. The Labute approximate surface area is 122 Å². The minimum atomic E-state index is -4.52. The summed E-state index contributed by atoms with van der Waals surface area (Å²) in [5, 5.41) is -0.444. The number of hydrogen-bond donors (Lipinski definition) is 1. The van der Waals surface area contributed by atoms with Crippen molar-refractivity contribution in [2.24, 2.45) is 0 Å². The van der Waals surface area contributed by atoms with Crippen LogP contribution in [-0.2, 0) is 10.0 Å². The van der Waals surface area contributed by atoms with Crippen LogP contribution in [0.3, 0.4) is 0 Å². The molecule has 0 radical (unpaired) electrons. The quantitative estimate of drug-likeness (QED) is 0.689. The van der Waals surface area contributed by atoms with E-state index in [1.54, 1.807) is 0 Å². The van der Waals surface area contributed by atoms with Crippen LogP contribution in [0.1, 0.15) is 0 Å². The van der Waals surface area contributed by atoms with Crippen molar-refractivity contribution in [1.29, 1.82) is 0 Å². The number of benzene rings is 1. The predicted molar refractivity (Wildman–Crippen MR) is 69.2 cm³/mol. The van der Waals surface area contributed by atoms with E-state index >= 15 is 0 Å². The molecule has 0 amide bonds. The van der Waals surface area contributed by atoms with Crippen molar-refractivity contribution in [2.75, 3.05) is 4.72 Å². The summed E-state index contributed by atoms with van der Waals surface area (Å²) in [5.74, 6) is -2.77. The maximum Gasteiger partial charge on any atom is 0.268 e. The average molecular weight is 340 g/mol. The summed E-state index contributed by atoms with van der Waals surface area (Å²) in [5.41, 5.74) is 0. The first-order valence-corrected chi connectivity index (χ1v) is 7.20. The molecule has 10 heteroatoms. The Morgan fingerprint density at radius 2 is 1.70 bits per heavy atom. The number of sulfonamides is 1. The van der Waals surface area contributed by atoms with Crippen molar-refractivity contribution in [3.8, 4) is 0 Å². The van der Waals surface area contributed by atoms with Crippen molar-refractivity contribution in [2.45, 2.75) is 4.90 Å². The van der Waals surface area contributed by atoms with E-state index in [4.69, 9.17) is 23.2 Å². The van der Waals surface area contributed by atoms with E-state index in [1.807, 2.05) is 4.72 Å². The summed E-state index contributed by atoms with van der Waals surface area (Å²) in [4.78, 5) is 5.93. The van der Waals surface area contributed by atoms with Gasteiger partial charge in [-0.3, -0.25) is 4.72 Å². The zero-order valence-electron chi connectivity index (χ0n) is 9.44. The van der Waals surface area contributed by atoms with E-state index in [2.05, 4.69) is 9.97 Å². The summed E-state index contributed by atoms with van der Waals surface area (Å²) in [6, 6.07) is 3.72. The molecule has 0 bridgehead atoms. The maximum absolute atomic E-state index is 13.5. The fourth-order valence-electron chi connectivity index (χ4n) is 1.37. The minimum Gasteiger partial charge on any atom is -0.263 e. The van der Waals surface area contributed by atoms with E-state index in [0.29, 0.717) is 0 Å². The smallest absolute Gasteiger partial charge is 0.263 e. The summed E-state index contributed by atoms with van der Waals surface area (Å²) < 4.78 is 52.7. The van der Waals surface area contributed by atoms with E-state index in [9.17, 15) is 17.2 Å². The van der Waals surface area contributed by atoms with Crippen LogP contribution in [0, 0.1) is 11.6 Å². The SMILES string of the molecule is O=S(=O)(Nc1cc(Cl)nc(Cl)n1)c1c(F)cccc1F. The molecule has 0 saturated heterocycles. The second kappa shape index (κ2) is 5.47. The minimum absolute atomic E-state index is 0.128. The molecule has 1 N–H and O–H groups in total. The standard InChI is InChI=1S/C10H5Cl2F2N3O2S/c11-7-4-8(16-10(12)15-7)17-20(18,19)9-5(13)2-1-3-6(9)14/h1-4H,(H,15,16,17). The summed E-state index contributed by atoms with van der Waals surface area (Å²) >= 11 is 11.1. The molecule has 0 unspecified atom stereocenters. The molecule has 0 atom stereocenters. The molecule has 1 heterocycles. The second-order valence-electron chi connectivity index (χ2n) is 3.50. The van der Waals surface area contributed by atoms with Gasteiger partial charge in [0.25, 0.3) is 10.0 Å². The number of rotatable bonds is 3. The van der Waals surface area contributed by atoms with Crippen LogP contribution in [0.2, 0.25) is 10.4 Å². The number of nitrogens with zero attached hydrogens (tertiary/aromatic N) is 2. The van der Waals surface area contributed by atoms with Gasteiger partial charge < -0.3 is 0 Å². The zero-order chi connectivity index (χ0) is 14.9. The monoisotopic (exact) mass is 339 g/mol. The molecule has 0 aliphatic carbocycles. The van der Waals surface area contributed by atoms with Crippen molar-refractivity contribution in [3.63, 3.8) is 0 Å². The molecule has 1 aromatic heterocycles. The lowest BCUT2D eigenvalue weighted by molar-refractivity contribution is 0.521. The number of aromatic nitrogens is 2. The highest BCUT2D eigenvalue weighted by Gasteiger charge is 2.24. The molecule has 0 fully saturated rings. The molecule has 2 aromatic rings. The van der Waals surface area contributed by atoms with Crippen LogP contribution in [0.5, 0.6) is 0 Å². The van der Waals surface area contributed by atoms with Gasteiger partial charge in [-0.1, -0.05) is 17.7 Å². The third-order valence-electron chi connectivity index (χ3n) is 2.09. The van der Waals surface area contributed by atoms with Gasteiger partial charge in [0.1, 0.15) is 22.6 Å². The van der Waals surface area contributed by atoms with Gasteiger partial charge in [0, 0.05) is 6.07 Å². The lowest BCUT2D eigenvalue weighted by atomic mass is 10.3. The van der Waals surface area contributed by atoms with Gasteiger partial charge in [-0.15, -0.1) is 0 Å². The number of nitrogens with one attached hydrogen (secondary N) is 1. The normalized spacial score (nSPS) is 11.4. The Bertz CT molecular complexity index is 731. The number of anilines is 1. The lowest BCUT2D eigenvalue weighted by Crippen LogP contribution is -2.17. The van der Waals surface area contributed by atoms with Crippen molar-refractivity contribution < 1.29 is 17.2 Å². The van der Waals surface area contributed by atoms with Gasteiger partial charge in [-0.25, -0.2) is 22.2 Å². The maximum atomic E-state index is 13.5. The topological polar surface area (TPSA) is 72.0 Å². The first-order valence-electron chi connectivity index (χ1n) is 4.96. The van der Waals surface area contributed by atoms with Crippen LogP contribution in [0.15, 0.2) is 29.2 Å². The predicted octanol–water partition coefficient (Wildman–Crippen LogP) is 2.86. The fourth-order valence-corrected chi connectivity index (χ4v) is 2.91. The van der Waals surface area contributed by atoms with Gasteiger partial charge in [-0.05, 0) is 23.7 Å². The molecule has 0 aliphatic rings. The van der Waals surface area contributed by atoms with Crippen molar-refractivity contribution >= 4 is 39.0 Å². The highest BCUT2D eigenvalue weighted by Crippen LogP contribution is 2.22. The number of halogens is 4. The third kappa shape index (κ3) is 3.14. The number of hydrogen-bond acceptors (Lipinski definition) is 4. The average Bonchev–Trinajstić information content (AvgIpc) is 2.25. The second-order valence-corrected chi connectivity index (χ2v) is 5.85. The van der Waals surface area contributed by atoms with Crippen molar-refractivity contribution in [1.82, 2.24) is 9.97 Å². The van der Waals surface area contributed by atoms with Crippen LogP contribution >= 0.6 is 23.2 Å². The van der Waals surface area contributed by atoms with Gasteiger partial charge in [0.2, 0.25) is 5.28 Å². The van der Waals surface area contributed by atoms with Gasteiger partial charge in [0.05, 0.1) is 0 Å². The molecule has 1 aromatic carbocycles. The molecule has 0 spiro atoms. The third-order valence-corrected chi connectivity index (χ3v) is 3.86. The molecule has 106 valence electrons. The van der Waals surface area contributed by atoms with Crippen LogP contribution in [0.4, 0.5) is 14.6 Å². The largest absolute Gasteiger partial charge is 0.268 e. The molecule has 0 aliphatic heterocycles. The first kappa shape index (κ1) is 14.9. The molecule has 0 saturated carbocycles. The lowest BCUT2D eigenvalue weighted by Gasteiger charge is -2.09. The molecule has 20 heavy (non-hydrogen) atoms. The van der Waals surface area contributed by atoms with Crippen LogP contribution in [-0.4, -0.2) is 18.4 Å². The van der Waals surface area contributed by atoms with Gasteiger partial charge >= 0.3 is 0 Å². The fraction of sp³-hybridized carbons (Fsp3) is 0. The van der Waals surface area contributed by atoms with Crippen molar-refractivity contribution in [3.05, 3.63) is 46.3 Å². The Morgan fingerprint density at radius 3 is 2.25 bits per heavy atom. The first-order chi connectivity index (χ1) is 9.29. The summed E-state index contributed by atoms with van der Waals surface area (Å²) in [6.45, 7) is 0. The van der Waals surface area contributed by atoms with Crippen LogP contribution < -0.4 is 4.72 Å². The Balaban J connectivity index is 2.46. The van der Waals surface area contributed by atoms with E-state index < -0.39 is 26.6 Å². The molecule has 2 rings (SSSR count). The van der Waals surface area contributed by atoms with Gasteiger partial charge in [0.15, 0.2) is 4.90 Å².